The average molecular weight is 381 g/mol. The van der Waals surface area contributed by atoms with Crippen LogP contribution in [-0.4, -0.2) is 27.1 Å². The average Bonchev–Trinajstić information content (AvgIpc) is 3.05. The summed E-state index contributed by atoms with van der Waals surface area (Å²) in [6.07, 6.45) is 0.429. The molecule has 3 heteroatoms. The molecular formula is C24H32O2Si. The molecule has 0 amide bonds. The zero-order valence-electron chi connectivity index (χ0n) is 17.8. The Balaban J connectivity index is 1.99. The van der Waals surface area contributed by atoms with Crippen molar-refractivity contribution in [2.24, 2.45) is 5.92 Å². The molecule has 2 fully saturated rings. The Morgan fingerprint density at radius 2 is 1.22 bits per heavy atom. The van der Waals surface area contributed by atoms with Crippen LogP contribution in [0.15, 0.2) is 24.3 Å². The quantitative estimate of drug-likeness (QED) is 0.733. The van der Waals surface area contributed by atoms with Crippen LogP contribution in [0, 0.1) is 47.5 Å². The molecule has 0 aliphatic carbocycles. The molecule has 27 heavy (non-hydrogen) atoms. The van der Waals surface area contributed by atoms with Crippen molar-refractivity contribution >= 4 is 18.7 Å². The predicted molar refractivity (Wildman–Crippen MR) is 115 cm³/mol. The summed E-state index contributed by atoms with van der Waals surface area (Å²) in [5, 5.41) is 3.01. The number of benzene rings is 2. The maximum absolute atomic E-state index is 7.17. The fourth-order valence-electron chi connectivity index (χ4n) is 5.95. The number of hydrogen-bond acceptors (Lipinski definition) is 2. The number of ether oxygens (including phenoxy) is 1. The fraction of sp³-hybridized carbons (Fsp3) is 0.500. The van der Waals surface area contributed by atoms with Crippen LogP contribution in [0.3, 0.4) is 0 Å². The Morgan fingerprint density at radius 1 is 0.778 bits per heavy atom. The van der Waals surface area contributed by atoms with Crippen molar-refractivity contribution in [3.8, 4) is 0 Å². The topological polar surface area (TPSA) is 18.5 Å². The highest BCUT2D eigenvalue weighted by Crippen LogP contribution is 2.41. The van der Waals surface area contributed by atoms with E-state index in [4.69, 9.17) is 9.16 Å². The summed E-state index contributed by atoms with van der Waals surface area (Å²) in [7, 11) is -2.33. The molecule has 2 aliphatic rings. The lowest BCUT2D eigenvalue weighted by atomic mass is 10.1. The SMILES string of the molecule is Cc1cc(C)c([Si]2(c3c(C)cc(C)cc3C)C[C@H]3CO[C@@H](C)[C@H]3O2)c(C)c1. The molecule has 0 spiro atoms. The summed E-state index contributed by atoms with van der Waals surface area (Å²) < 4.78 is 13.1. The Bertz CT molecular complexity index is 798. The molecule has 0 unspecified atom stereocenters. The minimum atomic E-state index is -2.33. The first kappa shape index (κ1) is 18.9. The van der Waals surface area contributed by atoms with Crippen LogP contribution < -0.4 is 10.4 Å². The van der Waals surface area contributed by atoms with Gasteiger partial charge >= 0.3 is 0 Å². The second-order valence-electron chi connectivity index (χ2n) is 8.96. The zero-order valence-corrected chi connectivity index (χ0v) is 18.8. The molecule has 144 valence electrons. The highest BCUT2D eigenvalue weighted by molar-refractivity contribution is 6.99. The number of rotatable bonds is 2. The van der Waals surface area contributed by atoms with Gasteiger partial charge in [0.15, 0.2) is 0 Å². The van der Waals surface area contributed by atoms with Gasteiger partial charge in [0.05, 0.1) is 18.8 Å². The van der Waals surface area contributed by atoms with Gasteiger partial charge in [-0.25, -0.2) is 0 Å². The van der Waals surface area contributed by atoms with Gasteiger partial charge in [-0.2, -0.15) is 0 Å². The van der Waals surface area contributed by atoms with Crippen LogP contribution in [0.25, 0.3) is 0 Å². The van der Waals surface area contributed by atoms with Crippen LogP contribution in [0.4, 0.5) is 0 Å². The second kappa shape index (κ2) is 6.58. The zero-order chi connectivity index (χ0) is 19.5. The summed E-state index contributed by atoms with van der Waals surface area (Å²) >= 11 is 0. The summed E-state index contributed by atoms with van der Waals surface area (Å²) in [4.78, 5) is 0. The second-order valence-corrected chi connectivity index (χ2v) is 12.3. The van der Waals surface area contributed by atoms with Crippen molar-refractivity contribution in [1.82, 2.24) is 0 Å². The third-order valence-electron chi connectivity index (χ3n) is 6.55. The molecule has 4 rings (SSSR count). The molecule has 2 saturated heterocycles. The van der Waals surface area contributed by atoms with Gasteiger partial charge in [0, 0.05) is 5.92 Å². The number of aryl methyl sites for hydroxylation is 6. The van der Waals surface area contributed by atoms with Gasteiger partial charge < -0.3 is 9.16 Å². The van der Waals surface area contributed by atoms with Crippen LogP contribution in [0.2, 0.25) is 6.04 Å². The van der Waals surface area contributed by atoms with E-state index in [0.717, 1.165) is 12.7 Å². The van der Waals surface area contributed by atoms with E-state index in [2.05, 4.69) is 72.7 Å². The van der Waals surface area contributed by atoms with Crippen molar-refractivity contribution in [2.75, 3.05) is 6.61 Å². The Kier molecular flexibility index (Phi) is 4.61. The van der Waals surface area contributed by atoms with E-state index in [0.29, 0.717) is 5.92 Å². The Morgan fingerprint density at radius 3 is 1.63 bits per heavy atom. The number of fused-ring (bicyclic) bond motifs is 1. The van der Waals surface area contributed by atoms with E-state index >= 15 is 0 Å². The Hall–Kier alpha value is -1.42. The highest BCUT2D eigenvalue weighted by atomic mass is 28.4. The molecule has 0 N–H and O–H groups in total. The lowest BCUT2D eigenvalue weighted by Crippen LogP contribution is -2.62. The van der Waals surface area contributed by atoms with Gasteiger partial charge in [0.2, 0.25) is 0 Å². The minimum absolute atomic E-state index is 0.196. The molecule has 0 bridgehead atoms. The standard InChI is InChI=1S/C24H32O2Si/c1-14-8-16(3)23(17(4)9-14)27(13-21-12-25-20(7)22(21)26-27)24-18(5)10-15(2)11-19(24)6/h8-11,20-22H,12-13H2,1-7H3/t20-,21+,22+/m0/s1. The molecule has 2 aliphatic heterocycles. The van der Waals surface area contributed by atoms with E-state index in [1.807, 2.05) is 0 Å². The summed E-state index contributed by atoms with van der Waals surface area (Å²) in [5.41, 5.74) is 8.26. The Labute approximate surface area is 165 Å². The number of hydrogen-bond donors (Lipinski definition) is 0. The minimum Gasteiger partial charge on any atom is -0.402 e. The first-order valence-corrected chi connectivity index (χ1v) is 12.3. The van der Waals surface area contributed by atoms with Crippen molar-refractivity contribution in [2.45, 2.75) is 66.7 Å². The van der Waals surface area contributed by atoms with Crippen LogP contribution in [0.5, 0.6) is 0 Å². The smallest absolute Gasteiger partial charge is 0.257 e. The normalized spacial score (nSPS) is 26.4. The lowest BCUT2D eigenvalue weighted by Gasteiger charge is -2.35. The molecule has 0 aromatic heterocycles. The molecule has 2 aromatic rings. The van der Waals surface area contributed by atoms with Crippen LogP contribution >= 0.6 is 0 Å². The lowest BCUT2D eigenvalue weighted by molar-refractivity contribution is 0.0675. The van der Waals surface area contributed by atoms with E-state index in [9.17, 15) is 0 Å². The van der Waals surface area contributed by atoms with Crippen molar-refractivity contribution in [1.29, 1.82) is 0 Å². The van der Waals surface area contributed by atoms with Crippen molar-refractivity contribution < 1.29 is 9.16 Å². The summed E-state index contributed by atoms with van der Waals surface area (Å²) in [5.74, 6) is 0.520. The molecule has 0 radical (unpaired) electrons. The van der Waals surface area contributed by atoms with Gasteiger partial charge in [-0.05, 0) is 87.1 Å². The van der Waals surface area contributed by atoms with Gasteiger partial charge in [-0.1, -0.05) is 35.4 Å². The largest absolute Gasteiger partial charge is 0.402 e. The maximum atomic E-state index is 7.17. The van der Waals surface area contributed by atoms with Gasteiger partial charge in [-0.15, -0.1) is 0 Å². The van der Waals surface area contributed by atoms with Gasteiger partial charge in [0.25, 0.3) is 8.32 Å². The summed E-state index contributed by atoms with van der Waals surface area (Å²) in [6.45, 7) is 16.5. The first-order valence-electron chi connectivity index (χ1n) is 10.2. The van der Waals surface area contributed by atoms with Gasteiger partial charge in [-0.3, -0.25) is 0 Å². The molecule has 0 saturated carbocycles. The monoisotopic (exact) mass is 380 g/mol. The van der Waals surface area contributed by atoms with Gasteiger partial charge in [0.1, 0.15) is 0 Å². The molecule has 2 heterocycles. The first-order chi connectivity index (χ1) is 12.7. The van der Waals surface area contributed by atoms with E-state index in [1.54, 1.807) is 0 Å². The molecule has 2 nitrogen and oxygen atoms in total. The predicted octanol–water partition coefficient (Wildman–Crippen LogP) is 4.03. The summed E-state index contributed by atoms with van der Waals surface area (Å²) in [6, 6.07) is 10.5. The molecule has 3 atom stereocenters. The maximum Gasteiger partial charge on any atom is 0.257 e. The fourth-order valence-corrected chi connectivity index (χ4v) is 11.7. The van der Waals surface area contributed by atoms with Crippen molar-refractivity contribution in [3.63, 3.8) is 0 Å². The van der Waals surface area contributed by atoms with Crippen LogP contribution in [-0.2, 0) is 9.16 Å². The van der Waals surface area contributed by atoms with Crippen LogP contribution in [0.1, 0.15) is 40.3 Å². The van der Waals surface area contributed by atoms with E-state index in [1.165, 1.54) is 43.8 Å². The van der Waals surface area contributed by atoms with E-state index in [-0.39, 0.29) is 12.2 Å². The third-order valence-corrected chi connectivity index (χ3v) is 11.5. The third kappa shape index (κ3) is 2.91. The highest BCUT2D eigenvalue weighted by Gasteiger charge is 2.57. The van der Waals surface area contributed by atoms with E-state index < -0.39 is 8.32 Å². The van der Waals surface area contributed by atoms with Crippen molar-refractivity contribution in [3.05, 3.63) is 57.6 Å². The molecule has 2 aromatic carbocycles. The molecular weight excluding hydrogens is 348 g/mol.